The summed E-state index contributed by atoms with van der Waals surface area (Å²) in [5, 5.41) is 14.1. The number of amides is 1. The molecule has 2 aromatic rings. The molecule has 0 saturated carbocycles. The number of carbonyl (C=O) groups excluding carboxylic acids is 1. The summed E-state index contributed by atoms with van der Waals surface area (Å²) in [6.45, 7) is 6.78. The summed E-state index contributed by atoms with van der Waals surface area (Å²) in [5.74, 6) is -0.458. The fourth-order valence-electron chi connectivity index (χ4n) is 4.25. The normalized spacial score (nSPS) is 15.1. The Morgan fingerprint density at radius 1 is 1.15 bits per heavy atom. The number of likely N-dealkylation sites (tertiary alicyclic amines) is 1. The number of nitrogens with one attached hydrogen (secondary N) is 1. The fourth-order valence-corrected chi connectivity index (χ4v) is 5.51. The molecule has 1 atom stereocenters. The molecule has 9 nitrogen and oxygen atoms in total. The Morgan fingerprint density at radius 3 is 2.32 bits per heavy atom. The van der Waals surface area contributed by atoms with Crippen molar-refractivity contribution in [3.63, 3.8) is 0 Å². The Kier molecular flexibility index (Phi) is 8.27. The van der Waals surface area contributed by atoms with Gasteiger partial charge < -0.3 is 5.32 Å². The van der Waals surface area contributed by atoms with Crippen LogP contribution in [0.1, 0.15) is 42.9 Å². The van der Waals surface area contributed by atoms with E-state index < -0.39 is 26.9 Å². The standard InChI is InChI=1S/C24H32N4O5S/c1-4-22(27(34(3,32)33)23-15-21(28(30)31)12-7-18(23)2)24(29)25-16-19-8-10-20(11-9-19)17-26-13-5-6-14-26/h7-12,15,22H,4-6,13-14,16-17H2,1-3H3,(H,25,29)/t22-/m1/s1. The third-order valence-corrected chi connectivity index (χ3v) is 7.23. The lowest BCUT2D eigenvalue weighted by atomic mass is 10.1. The van der Waals surface area contributed by atoms with Gasteiger partial charge in [-0.3, -0.25) is 24.1 Å². The highest BCUT2D eigenvalue weighted by Crippen LogP contribution is 2.30. The van der Waals surface area contributed by atoms with Crippen molar-refractivity contribution >= 4 is 27.3 Å². The molecule has 1 fully saturated rings. The predicted octanol–water partition coefficient (Wildman–Crippen LogP) is 3.36. The smallest absolute Gasteiger partial charge is 0.271 e. The predicted molar refractivity (Wildman–Crippen MR) is 132 cm³/mol. The van der Waals surface area contributed by atoms with Gasteiger partial charge in [-0.15, -0.1) is 0 Å². The highest BCUT2D eigenvalue weighted by atomic mass is 32.2. The van der Waals surface area contributed by atoms with Gasteiger partial charge in [0.25, 0.3) is 5.69 Å². The van der Waals surface area contributed by atoms with Gasteiger partial charge in [0, 0.05) is 25.2 Å². The average Bonchev–Trinajstić information content (AvgIpc) is 3.29. The molecule has 0 aliphatic carbocycles. The number of nitro groups is 1. The topological polar surface area (TPSA) is 113 Å². The van der Waals surface area contributed by atoms with E-state index in [0.29, 0.717) is 5.56 Å². The van der Waals surface area contributed by atoms with Crippen molar-refractivity contribution < 1.29 is 18.1 Å². The van der Waals surface area contributed by atoms with Crippen LogP contribution < -0.4 is 9.62 Å². The van der Waals surface area contributed by atoms with Gasteiger partial charge in [0.15, 0.2) is 0 Å². The minimum absolute atomic E-state index is 0.130. The molecule has 0 bridgehead atoms. The van der Waals surface area contributed by atoms with Crippen molar-refractivity contribution in [3.8, 4) is 0 Å². The first-order chi connectivity index (χ1) is 16.1. The van der Waals surface area contributed by atoms with Crippen molar-refractivity contribution in [2.24, 2.45) is 0 Å². The molecule has 10 heteroatoms. The van der Waals surface area contributed by atoms with E-state index in [9.17, 15) is 23.3 Å². The van der Waals surface area contributed by atoms with Crippen LogP contribution in [0.4, 0.5) is 11.4 Å². The summed E-state index contributed by atoms with van der Waals surface area (Å²) >= 11 is 0. The summed E-state index contributed by atoms with van der Waals surface area (Å²) in [4.78, 5) is 26.2. The van der Waals surface area contributed by atoms with Crippen LogP contribution in [-0.2, 0) is 27.9 Å². The molecule has 0 radical (unpaired) electrons. The number of aryl methyl sites for hydroxylation is 1. The maximum atomic E-state index is 13.1. The SMILES string of the molecule is CC[C@H](C(=O)NCc1ccc(CN2CCCC2)cc1)N(c1cc([N+](=O)[O-])ccc1C)S(C)(=O)=O. The first-order valence-corrected chi connectivity index (χ1v) is 13.3. The van der Waals surface area contributed by atoms with Crippen LogP contribution in [-0.4, -0.2) is 49.5 Å². The largest absolute Gasteiger partial charge is 0.350 e. The van der Waals surface area contributed by atoms with Crippen molar-refractivity contribution in [2.45, 2.75) is 52.2 Å². The lowest BCUT2D eigenvalue weighted by Gasteiger charge is -2.31. The van der Waals surface area contributed by atoms with E-state index in [1.54, 1.807) is 13.8 Å². The summed E-state index contributed by atoms with van der Waals surface area (Å²) in [7, 11) is -3.89. The van der Waals surface area contributed by atoms with Gasteiger partial charge in [-0.1, -0.05) is 37.3 Å². The lowest BCUT2D eigenvalue weighted by molar-refractivity contribution is -0.384. The van der Waals surface area contributed by atoms with E-state index in [1.165, 1.54) is 36.6 Å². The van der Waals surface area contributed by atoms with Gasteiger partial charge in [0.05, 0.1) is 16.9 Å². The first kappa shape index (κ1) is 25.6. The Labute approximate surface area is 201 Å². The fraction of sp³-hybridized carbons (Fsp3) is 0.458. The molecule has 1 aliphatic rings. The second kappa shape index (κ2) is 11.0. The minimum Gasteiger partial charge on any atom is -0.350 e. The van der Waals surface area contributed by atoms with Gasteiger partial charge in [0.1, 0.15) is 6.04 Å². The van der Waals surface area contributed by atoms with E-state index in [-0.39, 0.29) is 24.3 Å². The van der Waals surface area contributed by atoms with Crippen LogP contribution in [0.2, 0.25) is 0 Å². The minimum atomic E-state index is -3.89. The average molecular weight is 489 g/mol. The summed E-state index contributed by atoms with van der Waals surface area (Å²) < 4.78 is 26.4. The molecule has 1 heterocycles. The summed E-state index contributed by atoms with van der Waals surface area (Å²) in [6, 6.07) is 11.0. The monoisotopic (exact) mass is 488 g/mol. The molecular formula is C24H32N4O5S. The quantitative estimate of drug-likeness (QED) is 0.405. The highest BCUT2D eigenvalue weighted by molar-refractivity contribution is 7.92. The van der Waals surface area contributed by atoms with E-state index in [0.717, 1.165) is 35.8 Å². The molecule has 1 N–H and O–H groups in total. The van der Waals surface area contributed by atoms with Gasteiger partial charge in [-0.05, 0) is 56.0 Å². The molecule has 2 aromatic carbocycles. The maximum Gasteiger partial charge on any atom is 0.271 e. The maximum absolute atomic E-state index is 13.1. The molecule has 1 saturated heterocycles. The number of hydrogen-bond acceptors (Lipinski definition) is 6. The van der Waals surface area contributed by atoms with Crippen molar-refractivity contribution in [1.82, 2.24) is 10.2 Å². The first-order valence-electron chi connectivity index (χ1n) is 11.4. The zero-order valence-electron chi connectivity index (χ0n) is 19.9. The summed E-state index contributed by atoms with van der Waals surface area (Å²) in [6.07, 6.45) is 3.68. The van der Waals surface area contributed by atoms with Crippen molar-refractivity contribution in [1.29, 1.82) is 0 Å². The van der Waals surface area contributed by atoms with Crippen LogP contribution in [0.25, 0.3) is 0 Å². The number of anilines is 1. The van der Waals surface area contributed by atoms with Gasteiger partial charge in [-0.2, -0.15) is 0 Å². The van der Waals surface area contributed by atoms with E-state index in [4.69, 9.17) is 0 Å². The number of benzene rings is 2. The number of hydrogen-bond donors (Lipinski definition) is 1. The molecule has 0 spiro atoms. The van der Waals surface area contributed by atoms with E-state index >= 15 is 0 Å². The molecule has 0 aromatic heterocycles. The molecule has 0 unspecified atom stereocenters. The van der Waals surface area contributed by atoms with Crippen LogP contribution >= 0.6 is 0 Å². The third-order valence-electron chi connectivity index (χ3n) is 6.07. The molecule has 3 rings (SSSR count). The zero-order chi connectivity index (χ0) is 24.9. The number of carbonyl (C=O) groups is 1. The molecular weight excluding hydrogens is 456 g/mol. The second-order valence-electron chi connectivity index (χ2n) is 8.73. The Hall–Kier alpha value is -2.98. The van der Waals surface area contributed by atoms with E-state index in [1.807, 2.05) is 24.3 Å². The number of non-ortho nitro benzene ring substituents is 1. The third kappa shape index (κ3) is 6.32. The molecule has 1 aliphatic heterocycles. The van der Waals surface area contributed by atoms with Crippen molar-refractivity contribution in [2.75, 3.05) is 23.7 Å². The Bertz CT molecular complexity index is 1130. The van der Waals surface area contributed by atoms with Crippen LogP contribution in [0, 0.1) is 17.0 Å². The highest BCUT2D eigenvalue weighted by Gasteiger charge is 2.33. The van der Waals surface area contributed by atoms with Crippen LogP contribution in [0.15, 0.2) is 42.5 Å². The number of nitro benzene ring substituents is 1. The van der Waals surface area contributed by atoms with E-state index in [2.05, 4.69) is 10.2 Å². The van der Waals surface area contributed by atoms with Crippen LogP contribution in [0.5, 0.6) is 0 Å². The summed E-state index contributed by atoms with van der Waals surface area (Å²) in [5.41, 5.74) is 2.54. The molecule has 184 valence electrons. The molecule has 34 heavy (non-hydrogen) atoms. The zero-order valence-corrected chi connectivity index (χ0v) is 20.7. The number of rotatable bonds is 10. The van der Waals surface area contributed by atoms with Gasteiger partial charge >= 0.3 is 0 Å². The van der Waals surface area contributed by atoms with Gasteiger partial charge in [0.2, 0.25) is 15.9 Å². The van der Waals surface area contributed by atoms with Crippen molar-refractivity contribution in [3.05, 3.63) is 69.3 Å². The van der Waals surface area contributed by atoms with Crippen LogP contribution in [0.3, 0.4) is 0 Å². The number of nitrogens with zero attached hydrogens (tertiary/aromatic N) is 3. The Balaban J connectivity index is 1.74. The second-order valence-corrected chi connectivity index (χ2v) is 10.6. The van der Waals surface area contributed by atoms with Gasteiger partial charge in [-0.25, -0.2) is 8.42 Å². The number of sulfonamides is 1. The Morgan fingerprint density at radius 2 is 1.76 bits per heavy atom. The molecule has 1 amide bonds. The lowest BCUT2D eigenvalue weighted by Crippen LogP contribution is -2.49.